The van der Waals surface area contributed by atoms with Gasteiger partial charge in [-0.05, 0) is 48.4 Å². The van der Waals surface area contributed by atoms with Crippen LogP contribution in [0.3, 0.4) is 0 Å². The summed E-state index contributed by atoms with van der Waals surface area (Å²) in [5.74, 6) is 2.48. The third-order valence-corrected chi connectivity index (χ3v) is 8.07. The molecule has 0 bridgehead atoms. The first-order chi connectivity index (χ1) is 14.3. The summed E-state index contributed by atoms with van der Waals surface area (Å²) in [5, 5.41) is 0.979. The maximum Gasteiger partial charge on any atom is 0.227 e. The first kappa shape index (κ1) is 21.4. The van der Waals surface area contributed by atoms with Crippen LogP contribution >= 0.6 is 11.3 Å². The van der Waals surface area contributed by atoms with Crippen LogP contribution in [0.15, 0.2) is 18.2 Å². The molecule has 0 N–H and O–H groups in total. The number of likely N-dealkylation sites (tertiary alicyclic amines) is 1. The molecule has 1 aromatic heterocycles. The number of carbonyl (C=O) groups excluding carboxylic acids is 2. The average molecular weight is 428 g/mol. The van der Waals surface area contributed by atoms with Gasteiger partial charge in [0, 0.05) is 28.6 Å². The smallest absolute Gasteiger partial charge is 0.227 e. The van der Waals surface area contributed by atoms with E-state index in [4.69, 9.17) is 4.74 Å². The zero-order valence-corrected chi connectivity index (χ0v) is 19.4. The molecule has 1 amide bonds. The van der Waals surface area contributed by atoms with E-state index in [2.05, 4.69) is 4.90 Å². The lowest BCUT2D eigenvalue weighted by atomic mass is 9.75. The molecule has 162 valence electrons. The highest BCUT2D eigenvalue weighted by Gasteiger charge is 2.34. The number of rotatable bonds is 4. The minimum Gasteiger partial charge on any atom is -0.497 e. The zero-order chi connectivity index (χ0) is 21.5. The van der Waals surface area contributed by atoms with Gasteiger partial charge in [0.2, 0.25) is 5.91 Å². The van der Waals surface area contributed by atoms with Gasteiger partial charge in [0.05, 0.1) is 18.4 Å². The van der Waals surface area contributed by atoms with E-state index in [0.29, 0.717) is 12.3 Å². The van der Waals surface area contributed by atoms with E-state index >= 15 is 0 Å². The van der Waals surface area contributed by atoms with Gasteiger partial charge in [0.1, 0.15) is 5.75 Å². The van der Waals surface area contributed by atoms with E-state index in [-0.39, 0.29) is 11.7 Å². The molecule has 4 rings (SSSR count). The predicted molar refractivity (Wildman–Crippen MR) is 123 cm³/mol. The molecular formula is C25H33NO3S. The Kier molecular flexibility index (Phi) is 5.93. The molecule has 1 saturated heterocycles. The van der Waals surface area contributed by atoms with Crippen molar-refractivity contribution in [2.24, 2.45) is 17.3 Å². The third kappa shape index (κ3) is 4.14. The number of fused-ring (bicyclic) bond motifs is 2. The third-order valence-electron chi connectivity index (χ3n) is 6.86. The Labute approximate surface area is 183 Å². The summed E-state index contributed by atoms with van der Waals surface area (Å²) >= 11 is 1.51. The molecule has 1 aliphatic heterocycles. The first-order valence-corrected chi connectivity index (χ1v) is 12.0. The fourth-order valence-electron chi connectivity index (χ4n) is 5.04. The van der Waals surface area contributed by atoms with Gasteiger partial charge in [0.15, 0.2) is 5.78 Å². The van der Waals surface area contributed by atoms with E-state index in [1.165, 1.54) is 37.0 Å². The maximum atomic E-state index is 13.4. The van der Waals surface area contributed by atoms with Crippen molar-refractivity contribution < 1.29 is 14.3 Å². The zero-order valence-electron chi connectivity index (χ0n) is 18.6. The SMILES string of the molecule is COc1ccc2sc(C(=O)C(C)(C)C)c(CC(=O)N3CC[C@@H]4CCCC[C@H]4C3)c2c1. The fraction of sp³-hybridized carbons (Fsp3) is 0.600. The van der Waals surface area contributed by atoms with Gasteiger partial charge >= 0.3 is 0 Å². The number of thiophene rings is 1. The van der Waals surface area contributed by atoms with Gasteiger partial charge in [-0.2, -0.15) is 0 Å². The monoisotopic (exact) mass is 427 g/mol. The van der Waals surface area contributed by atoms with Crippen LogP contribution in [0.25, 0.3) is 10.1 Å². The van der Waals surface area contributed by atoms with Crippen LogP contribution in [0.1, 0.15) is 68.1 Å². The van der Waals surface area contributed by atoms with Gasteiger partial charge in [-0.25, -0.2) is 0 Å². The van der Waals surface area contributed by atoms with E-state index in [0.717, 1.165) is 51.7 Å². The van der Waals surface area contributed by atoms with Crippen LogP contribution in [0.2, 0.25) is 0 Å². The summed E-state index contributed by atoms with van der Waals surface area (Å²) in [4.78, 5) is 29.3. The summed E-state index contributed by atoms with van der Waals surface area (Å²) in [7, 11) is 1.65. The summed E-state index contributed by atoms with van der Waals surface area (Å²) in [6.07, 6.45) is 6.63. The van der Waals surface area contributed by atoms with Crippen molar-refractivity contribution in [3.63, 3.8) is 0 Å². The number of ether oxygens (including phenoxy) is 1. The number of benzene rings is 1. The van der Waals surface area contributed by atoms with E-state index < -0.39 is 5.41 Å². The van der Waals surface area contributed by atoms with Gasteiger partial charge in [0.25, 0.3) is 0 Å². The van der Waals surface area contributed by atoms with Crippen molar-refractivity contribution in [3.8, 4) is 5.75 Å². The van der Waals surface area contributed by atoms with Crippen molar-refractivity contribution in [1.29, 1.82) is 0 Å². The van der Waals surface area contributed by atoms with Crippen molar-refractivity contribution in [2.45, 2.75) is 59.3 Å². The summed E-state index contributed by atoms with van der Waals surface area (Å²) in [5.41, 5.74) is 0.396. The molecule has 1 saturated carbocycles. The quantitative estimate of drug-likeness (QED) is 0.586. The fourth-order valence-corrected chi connectivity index (χ4v) is 6.40. The molecule has 2 heterocycles. The van der Waals surface area contributed by atoms with Crippen LogP contribution in [0.4, 0.5) is 0 Å². The lowest BCUT2D eigenvalue weighted by Gasteiger charge is -2.41. The summed E-state index contributed by atoms with van der Waals surface area (Å²) in [6.45, 7) is 7.57. The average Bonchev–Trinajstić information content (AvgIpc) is 3.09. The Hall–Kier alpha value is -1.88. The second-order valence-electron chi connectivity index (χ2n) is 9.96. The molecule has 0 radical (unpaired) electrons. The molecule has 1 aromatic carbocycles. The molecule has 2 aromatic rings. The number of nitrogens with zero attached hydrogens (tertiary/aromatic N) is 1. The Morgan fingerprint density at radius 3 is 2.57 bits per heavy atom. The highest BCUT2D eigenvalue weighted by molar-refractivity contribution is 7.21. The Morgan fingerprint density at radius 1 is 1.13 bits per heavy atom. The minimum absolute atomic E-state index is 0.108. The standard InChI is InChI=1S/C25H33NO3S/c1-25(2,3)24(28)23-20(19-13-18(29-4)9-10-21(19)30-23)14-22(27)26-12-11-16-7-5-6-8-17(16)15-26/h9-10,13,16-17H,5-8,11-12,14-15H2,1-4H3/t16-,17-/m0/s1. The number of hydrogen-bond donors (Lipinski definition) is 0. The number of hydrogen-bond acceptors (Lipinski definition) is 4. The topological polar surface area (TPSA) is 46.6 Å². The van der Waals surface area contributed by atoms with E-state index in [1.807, 2.05) is 39.0 Å². The van der Waals surface area contributed by atoms with E-state index in [9.17, 15) is 9.59 Å². The normalized spacial score (nSPS) is 22.1. The van der Waals surface area contributed by atoms with Gasteiger partial charge in [-0.3, -0.25) is 9.59 Å². The molecule has 0 unspecified atom stereocenters. The summed E-state index contributed by atoms with van der Waals surface area (Å²) in [6, 6.07) is 5.89. The number of amides is 1. The lowest BCUT2D eigenvalue weighted by Crippen LogP contribution is -2.45. The molecule has 2 aliphatic rings. The van der Waals surface area contributed by atoms with Gasteiger partial charge in [-0.15, -0.1) is 11.3 Å². The van der Waals surface area contributed by atoms with Gasteiger partial charge in [-0.1, -0.05) is 40.0 Å². The number of Topliss-reactive ketones (excluding diaryl/α,β-unsaturated/α-hetero) is 1. The minimum atomic E-state index is -0.483. The number of ketones is 1. The Balaban J connectivity index is 1.64. The molecule has 0 spiro atoms. The molecule has 5 heteroatoms. The van der Waals surface area contributed by atoms with Crippen LogP contribution in [-0.4, -0.2) is 36.8 Å². The lowest BCUT2D eigenvalue weighted by molar-refractivity contribution is -0.133. The Bertz CT molecular complexity index is 955. The van der Waals surface area contributed by atoms with Gasteiger partial charge < -0.3 is 9.64 Å². The van der Waals surface area contributed by atoms with Crippen molar-refractivity contribution in [2.75, 3.05) is 20.2 Å². The van der Waals surface area contributed by atoms with Crippen molar-refractivity contribution in [3.05, 3.63) is 28.6 Å². The van der Waals surface area contributed by atoms with E-state index in [1.54, 1.807) is 7.11 Å². The van der Waals surface area contributed by atoms with Crippen LogP contribution in [0.5, 0.6) is 5.75 Å². The van der Waals surface area contributed by atoms with Crippen molar-refractivity contribution >= 4 is 33.1 Å². The predicted octanol–water partition coefficient (Wildman–Crippen LogP) is 5.72. The highest BCUT2D eigenvalue weighted by Crippen LogP contribution is 2.39. The Morgan fingerprint density at radius 2 is 1.87 bits per heavy atom. The first-order valence-electron chi connectivity index (χ1n) is 11.2. The maximum absolute atomic E-state index is 13.4. The number of methoxy groups -OCH3 is 1. The van der Waals surface area contributed by atoms with Crippen LogP contribution in [-0.2, 0) is 11.2 Å². The van der Waals surface area contributed by atoms with Crippen LogP contribution < -0.4 is 4.74 Å². The number of carbonyl (C=O) groups is 2. The largest absolute Gasteiger partial charge is 0.497 e. The summed E-state index contributed by atoms with van der Waals surface area (Å²) < 4.78 is 6.46. The molecule has 2 atom stereocenters. The van der Waals surface area contributed by atoms with Crippen molar-refractivity contribution in [1.82, 2.24) is 4.90 Å². The second kappa shape index (κ2) is 8.33. The molecular weight excluding hydrogens is 394 g/mol. The molecule has 30 heavy (non-hydrogen) atoms. The highest BCUT2D eigenvalue weighted by atomic mass is 32.1. The number of piperidine rings is 1. The molecule has 2 fully saturated rings. The van der Waals surface area contributed by atoms with Crippen LogP contribution in [0, 0.1) is 17.3 Å². The second-order valence-corrected chi connectivity index (χ2v) is 11.0. The molecule has 4 nitrogen and oxygen atoms in total. The molecule has 1 aliphatic carbocycles.